The number of nitrogens with one attached hydrogen (secondary N) is 1. The molecule has 0 spiro atoms. The van der Waals surface area contributed by atoms with Crippen molar-refractivity contribution in [2.24, 2.45) is 0 Å². The minimum atomic E-state index is -3.35. The maximum absolute atomic E-state index is 12.3. The van der Waals surface area contributed by atoms with Gasteiger partial charge in [-0.3, -0.25) is 9.52 Å². The number of nitrogens with zero attached hydrogens (tertiary/aromatic N) is 2. The summed E-state index contributed by atoms with van der Waals surface area (Å²) in [6.45, 7) is 4.00. The molecule has 0 saturated heterocycles. The number of Topliss-reactive ketones (excluding diaryl/α,β-unsaturated/α-hetero) is 1. The Labute approximate surface area is 167 Å². The van der Waals surface area contributed by atoms with Crippen molar-refractivity contribution in [3.05, 3.63) is 59.2 Å². The Morgan fingerprint density at radius 3 is 2.32 bits per heavy atom. The zero-order chi connectivity index (χ0) is 20.3. The SMILES string of the molecule is Cc1cc(C)cc(-c2nnc(SCC(=O)c3ccc(NS(C)(=O)=O)cc3)o2)c1. The van der Waals surface area contributed by atoms with Gasteiger partial charge in [-0.05, 0) is 50.2 Å². The van der Waals surface area contributed by atoms with Crippen LogP contribution < -0.4 is 4.72 Å². The van der Waals surface area contributed by atoms with Crippen molar-refractivity contribution >= 4 is 33.3 Å². The second kappa shape index (κ2) is 8.15. The summed E-state index contributed by atoms with van der Waals surface area (Å²) in [7, 11) is -3.35. The molecule has 0 fully saturated rings. The number of carbonyl (C=O) groups excluding carboxylic acids is 1. The first kappa shape index (κ1) is 20.1. The molecule has 1 heterocycles. The highest BCUT2D eigenvalue weighted by Gasteiger charge is 2.13. The highest BCUT2D eigenvalue weighted by molar-refractivity contribution is 7.99. The van der Waals surface area contributed by atoms with Gasteiger partial charge in [-0.15, -0.1) is 10.2 Å². The summed E-state index contributed by atoms with van der Waals surface area (Å²) in [5.74, 6) is 0.424. The monoisotopic (exact) mass is 417 g/mol. The Kier molecular flexibility index (Phi) is 5.85. The Morgan fingerprint density at radius 1 is 1.07 bits per heavy atom. The summed E-state index contributed by atoms with van der Waals surface area (Å²) >= 11 is 1.16. The van der Waals surface area contributed by atoms with Crippen LogP contribution in [0.1, 0.15) is 21.5 Å². The van der Waals surface area contributed by atoms with Gasteiger partial charge in [0.1, 0.15) is 0 Å². The first-order chi connectivity index (χ1) is 13.2. The van der Waals surface area contributed by atoms with Gasteiger partial charge in [0.25, 0.3) is 5.22 Å². The van der Waals surface area contributed by atoms with Crippen molar-refractivity contribution in [2.45, 2.75) is 19.1 Å². The van der Waals surface area contributed by atoms with Gasteiger partial charge < -0.3 is 4.42 Å². The summed E-state index contributed by atoms with van der Waals surface area (Å²) in [5.41, 5.74) is 3.93. The molecule has 0 aliphatic heterocycles. The molecule has 3 rings (SSSR count). The van der Waals surface area contributed by atoms with Gasteiger partial charge in [0, 0.05) is 16.8 Å². The normalized spacial score (nSPS) is 11.4. The van der Waals surface area contributed by atoms with Crippen LogP contribution in [0.5, 0.6) is 0 Å². The number of rotatable bonds is 7. The molecule has 146 valence electrons. The van der Waals surface area contributed by atoms with Gasteiger partial charge in [0.15, 0.2) is 5.78 Å². The smallest absolute Gasteiger partial charge is 0.277 e. The fourth-order valence-corrected chi connectivity index (χ4v) is 3.85. The van der Waals surface area contributed by atoms with E-state index in [0.717, 1.165) is 34.7 Å². The number of thioether (sulfide) groups is 1. The topological polar surface area (TPSA) is 102 Å². The molecule has 0 aliphatic carbocycles. The molecular formula is C19H19N3O4S2. The quantitative estimate of drug-likeness (QED) is 0.462. The number of sulfonamides is 1. The van der Waals surface area contributed by atoms with Crippen molar-refractivity contribution < 1.29 is 17.6 Å². The number of carbonyl (C=O) groups is 1. The average molecular weight is 418 g/mol. The maximum Gasteiger partial charge on any atom is 0.277 e. The van der Waals surface area contributed by atoms with E-state index in [1.54, 1.807) is 24.3 Å². The first-order valence-corrected chi connectivity index (χ1v) is 11.2. The molecule has 2 aromatic carbocycles. The van der Waals surface area contributed by atoms with E-state index in [1.807, 2.05) is 26.0 Å². The minimum absolute atomic E-state index is 0.123. The van der Waals surface area contributed by atoms with E-state index in [4.69, 9.17) is 4.42 Å². The lowest BCUT2D eigenvalue weighted by atomic mass is 10.1. The molecular weight excluding hydrogens is 398 g/mol. The van der Waals surface area contributed by atoms with Crippen LogP contribution in [0.3, 0.4) is 0 Å². The van der Waals surface area contributed by atoms with Crippen LogP contribution in [0, 0.1) is 13.8 Å². The Hall–Kier alpha value is -2.65. The second-order valence-electron chi connectivity index (χ2n) is 6.41. The zero-order valence-electron chi connectivity index (χ0n) is 15.6. The minimum Gasteiger partial charge on any atom is -0.411 e. The van der Waals surface area contributed by atoms with Crippen molar-refractivity contribution in [3.63, 3.8) is 0 Å². The predicted octanol–water partition coefficient (Wildman–Crippen LogP) is 3.70. The molecule has 0 aliphatic rings. The Morgan fingerprint density at radius 2 is 1.71 bits per heavy atom. The zero-order valence-corrected chi connectivity index (χ0v) is 17.2. The lowest BCUT2D eigenvalue weighted by Gasteiger charge is -2.04. The molecule has 0 bridgehead atoms. The van der Waals surface area contributed by atoms with Crippen LogP contribution >= 0.6 is 11.8 Å². The lowest BCUT2D eigenvalue weighted by Crippen LogP contribution is -2.10. The molecule has 0 radical (unpaired) electrons. The second-order valence-corrected chi connectivity index (χ2v) is 9.09. The van der Waals surface area contributed by atoms with Crippen LogP contribution in [0.4, 0.5) is 5.69 Å². The summed E-state index contributed by atoms with van der Waals surface area (Å²) in [4.78, 5) is 12.3. The standard InChI is InChI=1S/C19H19N3O4S2/c1-12-8-13(2)10-15(9-12)18-20-21-19(26-18)27-11-17(23)14-4-6-16(7-5-14)22-28(3,24)25/h4-10,22H,11H2,1-3H3. The van der Waals surface area contributed by atoms with Crippen molar-refractivity contribution in [2.75, 3.05) is 16.7 Å². The van der Waals surface area contributed by atoms with Gasteiger partial charge in [0.2, 0.25) is 15.9 Å². The molecule has 0 saturated carbocycles. The summed E-state index contributed by atoms with van der Waals surface area (Å²) in [6.07, 6.45) is 1.07. The van der Waals surface area contributed by atoms with E-state index >= 15 is 0 Å². The molecule has 0 atom stereocenters. The number of hydrogen-bond acceptors (Lipinski definition) is 7. The number of hydrogen-bond donors (Lipinski definition) is 1. The molecule has 0 amide bonds. The van der Waals surface area contributed by atoms with E-state index in [2.05, 4.69) is 21.0 Å². The summed E-state index contributed by atoms with van der Waals surface area (Å²) in [6, 6.07) is 12.2. The van der Waals surface area contributed by atoms with E-state index in [0.29, 0.717) is 22.4 Å². The van der Waals surface area contributed by atoms with Crippen molar-refractivity contribution in [3.8, 4) is 11.5 Å². The fourth-order valence-electron chi connectivity index (χ4n) is 2.63. The molecule has 28 heavy (non-hydrogen) atoms. The number of aryl methyl sites for hydroxylation is 2. The first-order valence-electron chi connectivity index (χ1n) is 8.36. The molecule has 9 heteroatoms. The molecule has 1 N–H and O–H groups in total. The van der Waals surface area contributed by atoms with Crippen LogP contribution in [-0.2, 0) is 10.0 Å². The van der Waals surface area contributed by atoms with Gasteiger partial charge >= 0.3 is 0 Å². The van der Waals surface area contributed by atoms with Crippen LogP contribution in [0.15, 0.2) is 52.1 Å². The number of anilines is 1. The van der Waals surface area contributed by atoms with Crippen LogP contribution in [-0.4, -0.2) is 36.4 Å². The number of ketones is 1. The van der Waals surface area contributed by atoms with Crippen molar-refractivity contribution in [1.82, 2.24) is 10.2 Å². The van der Waals surface area contributed by atoms with E-state index in [9.17, 15) is 13.2 Å². The van der Waals surface area contributed by atoms with E-state index < -0.39 is 10.0 Å². The molecule has 1 aromatic heterocycles. The Balaban J connectivity index is 1.63. The van der Waals surface area contributed by atoms with Gasteiger partial charge in [0.05, 0.1) is 12.0 Å². The third kappa shape index (κ3) is 5.43. The van der Waals surface area contributed by atoms with Crippen molar-refractivity contribution in [1.29, 1.82) is 0 Å². The molecule has 7 nitrogen and oxygen atoms in total. The summed E-state index contributed by atoms with van der Waals surface area (Å²) in [5, 5.41) is 8.36. The lowest BCUT2D eigenvalue weighted by molar-refractivity contribution is 0.102. The number of benzene rings is 2. The molecule has 0 unspecified atom stereocenters. The fraction of sp³-hybridized carbons (Fsp3) is 0.211. The van der Waals surface area contributed by atoms with Gasteiger partial charge in [-0.25, -0.2) is 8.42 Å². The predicted molar refractivity (Wildman–Crippen MR) is 109 cm³/mol. The largest absolute Gasteiger partial charge is 0.411 e. The Bertz CT molecular complexity index is 1090. The third-order valence-electron chi connectivity index (χ3n) is 3.71. The van der Waals surface area contributed by atoms with Crippen LogP contribution in [0.25, 0.3) is 11.5 Å². The number of aromatic nitrogens is 2. The maximum atomic E-state index is 12.3. The highest BCUT2D eigenvalue weighted by atomic mass is 32.2. The third-order valence-corrected chi connectivity index (χ3v) is 5.14. The van der Waals surface area contributed by atoms with E-state index in [1.165, 1.54) is 0 Å². The van der Waals surface area contributed by atoms with Crippen LogP contribution in [0.2, 0.25) is 0 Å². The van der Waals surface area contributed by atoms with Gasteiger partial charge in [-0.1, -0.05) is 29.0 Å². The van der Waals surface area contributed by atoms with Gasteiger partial charge in [-0.2, -0.15) is 0 Å². The summed E-state index contributed by atoms with van der Waals surface area (Å²) < 4.78 is 30.4. The average Bonchev–Trinajstić information content (AvgIpc) is 3.07. The molecule has 3 aromatic rings. The highest BCUT2D eigenvalue weighted by Crippen LogP contribution is 2.25. The van der Waals surface area contributed by atoms with E-state index in [-0.39, 0.29) is 11.5 Å².